The number of halogens is 2. The van der Waals surface area contributed by atoms with Crippen molar-refractivity contribution in [3.63, 3.8) is 0 Å². The smallest absolute Gasteiger partial charge is 0.242 e. The largest absolute Gasteiger partial charge is 0.354 e. The first kappa shape index (κ1) is 26.0. The van der Waals surface area contributed by atoms with Gasteiger partial charge >= 0.3 is 0 Å². The topological polar surface area (TPSA) is 92.2 Å². The average molecular weight is 523 g/mol. The number of hydrogen-bond acceptors (Lipinski definition) is 5. The number of amides is 2. The van der Waals surface area contributed by atoms with Gasteiger partial charge in [-0.3, -0.25) is 19.2 Å². The number of carbonyl (C=O) groups is 2. The molecule has 10 heteroatoms. The Morgan fingerprint density at radius 3 is 2.58 bits per heavy atom. The molecule has 0 aliphatic carbocycles. The van der Waals surface area contributed by atoms with Crippen LogP contribution in [0.5, 0.6) is 0 Å². The average Bonchev–Trinajstić information content (AvgIpc) is 3.37. The van der Waals surface area contributed by atoms with Crippen LogP contribution in [0.3, 0.4) is 0 Å². The molecule has 2 N–H and O–H groups in total. The van der Waals surface area contributed by atoms with E-state index < -0.39 is 23.1 Å². The maximum absolute atomic E-state index is 14.3. The third kappa shape index (κ3) is 5.91. The number of hydrogen-bond donors (Lipinski definition) is 2. The number of carbonyl (C=O) groups excluding carboxylic acids is 2. The van der Waals surface area contributed by atoms with Gasteiger partial charge in [0.1, 0.15) is 6.04 Å². The van der Waals surface area contributed by atoms with Crippen LogP contribution in [-0.4, -0.2) is 57.4 Å². The number of aryl methyl sites for hydroxylation is 1. The van der Waals surface area contributed by atoms with Gasteiger partial charge in [0, 0.05) is 44.2 Å². The number of fused-ring (bicyclic) bond motifs is 2. The molecule has 5 rings (SSSR count). The van der Waals surface area contributed by atoms with Gasteiger partial charge < -0.3 is 10.6 Å². The first-order valence-corrected chi connectivity index (χ1v) is 13.1. The first-order valence-electron chi connectivity index (χ1n) is 13.1. The first-order chi connectivity index (χ1) is 18.4. The summed E-state index contributed by atoms with van der Waals surface area (Å²) in [7, 11) is 0. The van der Waals surface area contributed by atoms with Crippen LogP contribution < -0.4 is 10.6 Å². The second kappa shape index (κ2) is 11.4. The molecule has 1 saturated heterocycles. The van der Waals surface area contributed by atoms with E-state index in [1.54, 1.807) is 10.7 Å². The fourth-order valence-electron chi connectivity index (χ4n) is 5.36. The van der Waals surface area contributed by atoms with Gasteiger partial charge in [0.25, 0.3) is 0 Å². The van der Waals surface area contributed by atoms with Crippen molar-refractivity contribution in [3.05, 3.63) is 83.2 Å². The van der Waals surface area contributed by atoms with Gasteiger partial charge in [-0.05, 0) is 44.0 Å². The predicted molar refractivity (Wildman–Crippen MR) is 137 cm³/mol. The highest BCUT2D eigenvalue weighted by atomic mass is 19.2. The second-order valence-electron chi connectivity index (χ2n) is 10.3. The third-order valence-electron chi connectivity index (χ3n) is 7.59. The molecule has 2 bridgehead atoms. The number of aromatic nitrogens is 3. The minimum atomic E-state index is -0.864. The summed E-state index contributed by atoms with van der Waals surface area (Å²) in [6, 6.07) is 13.1. The van der Waals surface area contributed by atoms with E-state index in [2.05, 4.69) is 20.9 Å². The van der Waals surface area contributed by atoms with Crippen LogP contribution in [0, 0.1) is 17.0 Å². The zero-order valence-electron chi connectivity index (χ0n) is 21.2. The predicted octanol–water partition coefficient (Wildman–Crippen LogP) is 2.63. The van der Waals surface area contributed by atoms with Crippen molar-refractivity contribution in [2.45, 2.75) is 51.2 Å². The van der Waals surface area contributed by atoms with E-state index >= 15 is 0 Å². The molecule has 1 fully saturated rings. The summed E-state index contributed by atoms with van der Waals surface area (Å²) in [4.78, 5) is 29.1. The lowest BCUT2D eigenvalue weighted by Crippen LogP contribution is -2.56. The highest BCUT2D eigenvalue weighted by Gasteiger charge is 2.43. The van der Waals surface area contributed by atoms with Gasteiger partial charge in [-0.2, -0.15) is 0 Å². The lowest BCUT2D eigenvalue weighted by molar-refractivity contribution is -0.137. The summed E-state index contributed by atoms with van der Waals surface area (Å²) in [6.45, 7) is 2.38. The molecule has 2 amide bonds. The van der Waals surface area contributed by atoms with E-state index in [9.17, 15) is 18.4 Å². The minimum absolute atomic E-state index is 0.195. The fraction of sp³-hybridized carbons (Fsp3) is 0.429. The fourth-order valence-corrected chi connectivity index (χ4v) is 5.36. The lowest BCUT2D eigenvalue weighted by atomic mass is 9.73. The van der Waals surface area contributed by atoms with Crippen molar-refractivity contribution < 1.29 is 18.4 Å². The molecule has 2 aliphatic heterocycles. The van der Waals surface area contributed by atoms with Crippen LogP contribution in [0.25, 0.3) is 0 Å². The van der Waals surface area contributed by atoms with Crippen molar-refractivity contribution in [2.75, 3.05) is 19.6 Å². The summed E-state index contributed by atoms with van der Waals surface area (Å²) in [6.07, 6.45) is 4.31. The number of nitrogens with zero attached hydrogens (tertiary/aromatic N) is 4. The Kier molecular flexibility index (Phi) is 7.78. The Labute approximate surface area is 220 Å². The normalized spacial score (nSPS) is 20.6. The van der Waals surface area contributed by atoms with E-state index in [0.29, 0.717) is 63.8 Å². The molecule has 0 unspecified atom stereocenters. The molecule has 3 heterocycles. The van der Waals surface area contributed by atoms with E-state index in [1.807, 2.05) is 41.4 Å². The maximum Gasteiger partial charge on any atom is 0.242 e. The van der Waals surface area contributed by atoms with Gasteiger partial charge in [-0.15, -0.1) is 5.10 Å². The standard InChI is InChI=1S/C28H32F2N6O2/c29-23-9-4-8-21(25(23)30)18-35-14-10-28(11-15-35)17-22-19-36(34-33-22)13-5-12-31-26(37)24(32-27(28)38)16-20-6-2-1-3-7-20/h1-4,6-9,19,24H,5,10-18H2,(H,31,37)(H,32,38)/t24-/m0/s1. The van der Waals surface area contributed by atoms with E-state index in [1.165, 1.54) is 6.07 Å². The molecular weight excluding hydrogens is 490 g/mol. The van der Waals surface area contributed by atoms with Crippen LogP contribution in [-0.2, 0) is 35.5 Å². The van der Waals surface area contributed by atoms with Crippen molar-refractivity contribution in [1.82, 2.24) is 30.5 Å². The molecular formula is C28H32F2N6O2. The molecule has 1 atom stereocenters. The lowest BCUT2D eigenvalue weighted by Gasteiger charge is -2.41. The molecule has 8 nitrogen and oxygen atoms in total. The highest BCUT2D eigenvalue weighted by molar-refractivity contribution is 5.90. The number of piperidine rings is 1. The molecule has 1 aromatic heterocycles. The molecule has 200 valence electrons. The molecule has 38 heavy (non-hydrogen) atoms. The van der Waals surface area contributed by atoms with Gasteiger partial charge in [-0.1, -0.05) is 47.7 Å². The third-order valence-corrected chi connectivity index (χ3v) is 7.59. The highest BCUT2D eigenvalue weighted by Crippen LogP contribution is 2.36. The number of likely N-dealkylation sites (tertiary alicyclic amines) is 1. The molecule has 2 aromatic carbocycles. The Hall–Kier alpha value is -3.66. The van der Waals surface area contributed by atoms with E-state index in [-0.39, 0.29) is 18.4 Å². The van der Waals surface area contributed by atoms with E-state index in [0.717, 1.165) is 17.3 Å². The van der Waals surface area contributed by atoms with Gasteiger partial charge in [-0.25, -0.2) is 8.78 Å². The Morgan fingerprint density at radius 1 is 1.00 bits per heavy atom. The zero-order chi connectivity index (χ0) is 26.5. The molecule has 0 saturated carbocycles. The summed E-state index contributed by atoms with van der Waals surface area (Å²) >= 11 is 0. The van der Waals surface area contributed by atoms with Crippen molar-refractivity contribution in [2.24, 2.45) is 5.41 Å². The minimum Gasteiger partial charge on any atom is -0.354 e. The van der Waals surface area contributed by atoms with Crippen molar-refractivity contribution >= 4 is 11.8 Å². The summed E-state index contributed by atoms with van der Waals surface area (Å²) in [5.41, 5.74) is 1.17. The Morgan fingerprint density at radius 2 is 1.79 bits per heavy atom. The maximum atomic E-state index is 14.3. The SMILES string of the molecule is O=C1NCCCn2cc(nn2)CC2(CCN(Cc3cccc(F)c3F)CC2)C(=O)N[C@H]1Cc1ccccc1. The van der Waals surface area contributed by atoms with Crippen LogP contribution in [0.15, 0.2) is 54.7 Å². The van der Waals surface area contributed by atoms with Crippen LogP contribution >= 0.6 is 0 Å². The van der Waals surface area contributed by atoms with Crippen molar-refractivity contribution in [3.8, 4) is 0 Å². The molecule has 0 radical (unpaired) electrons. The number of nitrogens with one attached hydrogen (secondary N) is 2. The number of rotatable bonds is 4. The summed E-state index contributed by atoms with van der Waals surface area (Å²) in [5.74, 6) is -2.11. The zero-order valence-corrected chi connectivity index (χ0v) is 21.2. The van der Waals surface area contributed by atoms with Crippen LogP contribution in [0.2, 0.25) is 0 Å². The second-order valence-corrected chi connectivity index (χ2v) is 10.3. The Bertz CT molecular complexity index is 1270. The molecule has 2 aliphatic rings. The van der Waals surface area contributed by atoms with Crippen LogP contribution in [0.4, 0.5) is 8.78 Å². The number of benzene rings is 2. The quantitative estimate of drug-likeness (QED) is 0.550. The molecule has 3 aromatic rings. The van der Waals surface area contributed by atoms with Gasteiger partial charge in [0.05, 0.1) is 11.1 Å². The summed E-state index contributed by atoms with van der Waals surface area (Å²) < 4.78 is 29.7. The molecule has 1 spiro atoms. The van der Waals surface area contributed by atoms with E-state index in [4.69, 9.17) is 0 Å². The monoisotopic (exact) mass is 522 g/mol. The summed E-state index contributed by atoms with van der Waals surface area (Å²) in [5, 5.41) is 14.5. The van der Waals surface area contributed by atoms with Gasteiger partial charge in [0.2, 0.25) is 11.8 Å². The van der Waals surface area contributed by atoms with Crippen molar-refractivity contribution in [1.29, 1.82) is 0 Å². The van der Waals surface area contributed by atoms with Crippen LogP contribution in [0.1, 0.15) is 36.1 Å². The van der Waals surface area contributed by atoms with Gasteiger partial charge in [0.15, 0.2) is 11.6 Å². The Balaban J connectivity index is 1.37.